The number of rotatable bonds is 5. The molecule has 0 aromatic heterocycles. The van der Waals surface area contributed by atoms with E-state index in [1.165, 1.54) is 5.76 Å². The summed E-state index contributed by atoms with van der Waals surface area (Å²) < 4.78 is 17.6. The summed E-state index contributed by atoms with van der Waals surface area (Å²) in [6, 6.07) is 0. The fourth-order valence-corrected chi connectivity index (χ4v) is 4.07. The minimum atomic E-state index is -1.50. The Morgan fingerprint density at radius 1 is 1.20 bits per heavy atom. The van der Waals surface area contributed by atoms with Crippen molar-refractivity contribution in [1.29, 1.82) is 0 Å². The summed E-state index contributed by atoms with van der Waals surface area (Å²) in [5.41, 5.74) is 0.282. The Balaban J connectivity index is 1.95. The van der Waals surface area contributed by atoms with E-state index in [4.69, 9.17) is 13.9 Å². The van der Waals surface area contributed by atoms with Crippen LogP contribution in [-0.2, 0) is 13.9 Å². The Bertz CT molecular complexity index is 376. The van der Waals surface area contributed by atoms with Crippen LogP contribution >= 0.6 is 0 Å². The fourth-order valence-electron chi connectivity index (χ4n) is 3.15. The molecular weight excluding hydrogens is 268 g/mol. The highest BCUT2D eigenvalue weighted by Gasteiger charge is 2.39. The van der Waals surface area contributed by atoms with E-state index in [1.807, 2.05) is 0 Å². The molecule has 1 aliphatic heterocycles. The normalized spacial score (nSPS) is 28.5. The third kappa shape index (κ3) is 4.09. The van der Waals surface area contributed by atoms with Crippen LogP contribution in [0, 0.1) is 11.3 Å². The maximum absolute atomic E-state index is 6.20. The molecule has 1 fully saturated rings. The lowest BCUT2D eigenvalue weighted by molar-refractivity contribution is -0.149. The van der Waals surface area contributed by atoms with Crippen molar-refractivity contribution >= 4 is 8.32 Å². The average molecular weight is 298 g/mol. The Morgan fingerprint density at radius 3 is 2.35 bits per heavy atom. The van der Waals surface area contributed by atoms with Gasteiger partial charge in [-0.1, -0.05) is 13.8 Å². The first-order chi connectivity index (χ1) is 9.10. The van der Waals surface area contributed by atoms with Crippen LogP contribution in [0.25, 0.3) is 0 Å². The molecule has 4 heteroatoms. The molecule has 0 radical (unpaired) electrons. The van der Waals surface area contributed by atoms with Gasteiger partial charge < -0.3 is 13.9 Å². The zero-order valence-electron chi connectivity index (χ0n) is 13.9. The molecule has 0 spiro atoms. The number of hydrogen-bond donors (Lipinski definition) is 0. The van der Waals surface area contributed by atoms with Crippen LogP contribution in [0.4, 0.5) is 0 Å². The van der Waals surface area contributed by atoms with Gasteiger partial charge in [-0.25, -0.2) is 0 Å². The molecule has 0 aromatic carbocycles. The largest absolute Gasteiger partial charge is 0.548 e. The van der Waals surface area contributed by atoms with Crippen LogP contribution in [0.1, 0.15) is 40.0 Å². The topological polar surface area (TPSA) is 27.7 Å². The molecule has 1 unspecified atom stereocenters. The van der Waals surface area contributed by atoms with Crippen molar-refractivity contribution in [2.45, 2.75) is 65.5 Å². The second-order valence-corrected chi connectivity index (χ2v) is 12.4. The van der Waals surface area contributed by atoms with E-state index >= 15 is 0 Å². The molecule has 0 aromatic rings. The summed E-state index contributed by atoms with van der Waals surface area (Å²) in [6.07, 6.45) is 5.47. The molecule has 1 aliphatic carbocycles. The van der Waals surface area contributed by atoms with Gasteiger partial charge >= 0.3 is 0 Å². The summed E-state index contributed by atoms with van der Waals surface area (Å²) >= 11 is 0. The Morgan fingerprint density at radius 2 is 1.80 bits per heavy atom. The predicted octanol–water partition coefficient (Wildman–Crippen LogP) is 4.31. The van der Waals surface area contributed by atoms with Crippen LogP contribution < -0.4 is 0 Å². The van der Waals surface area contributed by atoms with Gasteiger partial charge in [0, 0.05) is 12.8 Å². The SMILES string of the molecule is CC1(CCC2C=C(O[Si](C)(C)C)CC2(C)C)OCCO1. The molecule has 0 bridgehead atoms. The van der Waals surface area contributed by atoms with Gasteiger partial charge in [0.25, 0.3) is 0 Å². The zero-order chi connectivity index (χ0) is 15.0. The van der Waals surface area contributed by atoms with Crippen LogP contribution in [-0.4, -0.2) is 27.3 Å². The monoisotopic (exact) mass is 298 g/mol. The standard InChI is InChI=1S/C16H30O3Si/c1-15(2)12-14(19-20(4,5)6)11-13(15)7-8-16(3)17-9-10-18-16/h11,13H,7-10,12H2,1-6H3. The second-order valence-electron chi connectivity index (χ2n) is 7.99. The van der Waals surface area contributed by atoms with Gasteiger partial charge in [0.15, 0.2) is 5.79 Å². The highest BCUT2D eigenvalue weighted by atomic mass is 28.4. The third-order valence-corrected chi connectivity index (χ3v) is 5.14. The van der Waals surface area contributed by atoms with Gasteiger partial charge in [-0.3, -0.25) is 0 Å². The van der Waals surface area contributed by atoms with E-state index in [-0.39, 0.29) is 11.2 Å². The molecule has 1 atom stereocenters. The lowest BCUT2D eigenvalue weighted by atomic mass is 9.78. The van der Waals surface area contributed by atoms with Gasteiger partial charge in [-0.15, -0.1) is 0 Å². The highest BCUT2D eigenvalue weighted by molar-refractivity contribution is 6.70. The maximum atomic E-state index is 6.20. The molecule has 0 amide bonds. The van der Waals surface area contributed by atoms with E-state index < -0.39 is 8.32 Å². The van der Waals surface area contributed by atoms with Gasteiger partial charge in [-0.05, 0) is 50.4 Å². The molecule has 1 heterocycles. The van der Waals surface area contributed by atoms with Crippen molar-refractivity contribution in [3.63, 3.8) is 0 Å². The average Bonchev–Trinajstić information content (AvgIpc) is 2.78. The van der Waals surface area contributed by atoms with Crippen LogP contribution in [0.15, 0.2) is 11.8 Å². The Hall–Kier alpha value is -0.323. The molecule has 1 saturated heterocycles. The lowest BCUT2D eigenvalue weighted by Crippen LogP contribution is -2.28. The van der Waals surface area contributed by atoms with Crippen molar-refractivity contribution in [3.05, 3.63) is 11.8 Å². The van der Waals surface area contributed by atoms with Gasteiger partial charge in [0.2, 0.25) is 8.32 Å². The summed E-state index contributed by atoms with van der Waals surface area (Å²) in [7, 11) is -1.50. The molecule has 0 N–H and O–H groups in total. The van der Waals surface area contributed by atoms with Crippen molar-refractivity contribution in [2.75, 3.05) is 13.2 Å². The van der Waals surface area contributed by atoms with Crippen molar-refractivity contribution in [2.24, 2.45) is 11.3 Å². The first-order valence-electron chi connectivity index (χ1n) is 7.77. The van der Waals surface area contributed by atoms with E-state index in [2.05, 4.69) is 46.5 Å². The first-order valence-corrected chi connectivity index (χ1v) is 11.2. The van der Waals surface area contributed by atoms with E-state index in [1.54, 1.807) is 0 Å². The fraction of sp³-hybridized carbons (Fsp3) is 0.875. The van der Waals surface area contributed by atoms with Crippen molar-refractivity contribution < 1.29 is 13.9 Å². The lowest BCUT2D eigenvalue weighted by Gasteiger charge is -2.30. The highest BCUT2D eigenvalue weighted by Crippen LogP contribution is 2.46. The minimum absolute atomic E-state index is 0.282. The van der Waals surface area contributed by atoms with Crippen molar-refractivity contribution in [1.82, 2.24) is 0 Å². The summed E-state index contributed by atoms with van der Waals surface area (Å²) in [5.74, 6) is 1.39. The molecule has 2 rings (SSSR count). The smallest absolute Gasteiger partial charge is 0.241 e. The van der Waals surface area contributed by atoms with Gasteiger partial charge in [-0.2, -0.15) is 0 Å². The maximum Gasteiger partial charge on any atom is 0.241 e. The molecular formula is C16H30O3Si. The van der Waals surface area contributed by atoms with E-state index in [9.17, 15) is 0 Å². The van der Waals surface area contributed by atoms with Crippen molar-refractivity contribution in [3.8, 4) is 0 Å². The van der Waals surface area contributed by atoms with Gasteiger partial charge in [0.1, 0.15) is 0 Å². The Kier molecular flexibility index (Phi) is 4.39. The molecule has 3 nitrogen and oxygen atoms in total. The minimum Gasteiger partial charge on any atom is -0.548 e. The van der Waals surface area contributed by atoms with Gasteiger partial charge in [0.05, 0.1) is 19.0 Å². The zero-order valence-corrected chi connectivity index (χ0v) is 14.9. The molecule has 116 valence electrons. The molecule has 20 heavy (non-hydrogen) atoms. The predicted molar refractivity (Wildman–Crippen MR) is 83.9 cm³/mol. The summed E-state index contributed by atoms with van der Waals surface area (Å²) in [4.78, 5) is 0. The van der Waals surface area contributed by atoms with Crippen LogP contribution in [0.2, 0.25) is 19.6 Å². The number of allylic oxidation sites excluding steroid dienone is 2. The van der Waals surface area contributed by atoms with E-state index in [0.29, 0.717) is 5.92 Å². The number of hydrogen-bond acceptors (Lipinski definition) is 3. The molecule has 0 saturated carbocycles. The van der Waals surface area contributed by atoms with Crippen LogP contribution in [0.3, 0.4) is 0 Å². The van der Waals surface area contributed by atoms with Crippen LogP contribution in [0.5, 0.6) is 0 Å². The quantitative estimate of drug-likeness (QED) is 0.708. The third-order valence-electron chi connectivity index (χ3n) is 4.27. The van der Waals surface area contributed by atoms with E-state index in [0.717, 1.165) is 32.5 Å². The summed E-state index contributed by atoms with van der Waals surface area (Å²) in [6.45, 7) is 14.9. The molecule has 2 aliphatic rings. The number of ether oxygens (including phenoxy) is 2. The Labute approximate surface area is 124 Å². The second kappa shape index (κ2) is 5.47. The summed E-state index contributed by atoms with van der Waals surface area (Å²) in [5, 5.41) is 0. The first kappa shape index (κ1) is 16.1.